The first-order chi connectivity index (χ1) is 9.85. The van der Waals surface area contributed by atoms with Crippen LogP contribution in [0.4, 0.5) is 11.4 Å². The number of hydrogen-bond donors (Lipinski definition) is 2. The Kier molecular flexibility index (Phi) is 4.74. The van der Waals surface area contributed by atoms with Crippen molar-refractivity contribution in [2.24, 2.45) is 0 Å². The van der Waals surface area contributed by atoms with Crippen molar-refractivity contribution in [1.82, 2.24) is 4.98 Å². The van der Waals surface area contributed by atoms with Crippen LogP contribution in [0.1, 0.15) is 0 Å². The van der Waals surface area contributed by atoms with Crippen molar-refractivity contribution in [3.63, 3.8) is 0 Å². The van der Waals surface area contributed by atoms with Crippen LogP contribution >= 0.6 is 31.9 Å². The number of sulfonamides is 1. The van der Waals surface area contributed by atoms with E-state index in [1.807, 2.05) is 0 Å². The third-order valence-electron chi connectivity index (χ3n) is 2.59. The molecule has 6 nitrogen and oxygen atoms in total. The number of nitrogens with two attached hydrogens (primary N) is 1. The van der Waals surface area contributed by atoms with E-state index in [1.165, 1.54) is 37.7 Å². The highest BCUT2D eigenvalue weighted by atomic mass is 79.9. The normalized spacial score (nSPS) is 11.2. The number of hydrogen-bond acceptors (Lipinski definition) is 5. The number of nitrogens with one attached hydrogen (secondary N) is 1. The SMILES string of the molecule is COc1cc(Br)c(N)cc1S(=O)(=O)Nc1ccncc1Br. The van der Waals surface area contributed by atoms with Gasteiger partial charge in [0.1, 0.15) is 10.6 Å². The van der Waals surface area contributed by atoms with E-state index in [-0.39, 0.29) is 10.6 Å². The van der Waals surface area contributed by atoms with Gasteiger partial charge in [-0.1, -0.05) is 0 Å². The van der Waals surface area contributed by atoms with Crippen LogP contribution in [0, 0.1) is 0 Å². The fourth-order valence-electron chi connectivity index (χ4n) is 1.58. The van der Waals surface area contributed by atoms with Crippen LogP contribution in [-0.2, 0) is 10.0 Å². The molecule has 1 heterocycles. The highest BCUT2D eigenvalue weighted by Crippen LogP contribution is 2.34. The molecule has 0 fully saturated rings. The van der Waals surface area contributed by atoms with Crippen molar-refractivity contribution in [3.05, 3.63) is 39.5 Å². The number of anilines is 2. The van der Waals surface area contributed by atoms with E-state index in [1.54, 1.807) is 0 Å². The minimum atomic E-state index is -3.85. The molecule has 21 heavy (non-hydrogen) atoms. The maximum Gasteiger partial charge on any atom is 0.265 e. The van der Waals surface area contributed by atoms with Gasteiger partial charge < -0.3 is 10.5 Å². The monoisotopic (exact) mass is 435 g/mol. The van der Waals surface area contributed by atoms with E-state index >= 15 is 0 Å². The molecule has 3 N–H and O–H groups in total. The molecule has 0 bridgehead atoms. The summed E-state index contributed by atoms with van der Waals surface area (Å²) in [6.45, 7) is 0. The largest absolute Gasteiger partial charge is 0.495 e. The lowest BCUT2D eigenvalue weighted by Gasteiger charge is -2.13. The van der Waals surface area contributed by atoms with Gasteiger partial charge in [-0.05, 0) is 50.1 Å². The van der Waals surface area contributed by atoms with E-state index in [0.717, 1.165) is 0 Å². The Labute approximate surface area is 139 Å². The Balaban J connectivity index is 2.50. The average molecular weight is 437 g/mol. The number of benzene rings is 1. The Morgan fingerprint density at radius 1 is 1.29 bits per heavy atom. The smallest absolute Gasteiger partial charge is 0.265 e. The zero-order valence-electron chi connectivity index (χ0n) is 10.8. The number of halogens is 2. The van der Waals surface area contributed by atoms with Gasteiger partial charge in [-0.2, -0.15) is 0 Å². The minimum Gasteiger partial charge on any atom is -0.495 e. The summed E-state index contributed by atoms with van der Waals surface area (Å²) in [5.74, 6) is 0.189. The van der Waals surface area contributed by atoms with Crippen LogP contribution in [-0.4, -0.2) is 20.5 Å². The second-order valence-electron chi connectivity index (χ2n) is 3.99. The Morgan fingerprint density at radius 3 is 2.62 bits per heavy atom. The molecule has 1 aromatic heterocycles. The molecule has 2 aromatic rings. The van der Waals surface area contributed by atoms with Crippen LogP contribution in [0.2, 0.25) is 0 Å². The Morgan fingerprint density at radius 2 is 2.00 bits per heavy atom. The molecule has 0 saturated heterocycles. The summed E-state index contributed by atoms with van der Waals surface area (Å²) >= 11 is 6.46. The van der Waals surface area contributed by atoms with Gasteiger partial charge >= 0.3 is 0 Å². The molecule has 112 valence electrons. The lowest BCUT2D eigenvalue weighted by Crippen LogP contribution is -2.15. The molecule has 2 rings (SSSR count). The third kappa shape index (κ3) is 3.47. The molecule has 0 spiro atoms. The number of methoxy groups -OCH3 is 1. The van der Waals surface area contributed by atoms with Gasteiger partial charge in [0.15, 0.2) is 0 Å². The van der Waals surface area contributed by atoms with Gasteiger partial charge in [0.25, 0.3) is 10.0 Å². The summed E-state index contributed by atoms with van der Waals surface area (Å²) < 4.78 is 33.6. The number of aromatic nitrogens is 1. The topological polar surface area (TPSA) is 94.3 Å². The molecule has 0 atom stereocenters. The van der Waals surface area contributed by atoms with Gasteiger partial charge in [-0.25, -0.2) is 8.42 Å². The average Bonchev–Trinajstić information content (AvgIpc) is 2.43. The van der Waals surface area contributed by atoms with Crippen LogP contribution in [0.3, 0.4) is 0 Å². The fourth-order valence-corrected chi connectivity index (χ4v) is 3.65. The minimum absolute atomic E-state index is 0.0468. The van der Waals surface area contributed by atoms with E-state index in [4.69, 9.17) is 10.5 Å². The number of rotatable bonds is 4. The first kappa shape index (κ1) is 16.1. The van der Waals surface area contributed by atoms with Gasteiger partial charge in [0.2, 0.25) is 0 Å². The third-order valence-corrected chi connectivity index (χ3v) is 5.29. The van der Waals surface area contributed by atoms with Crippen molar-refractivity contribution in [1.29, 1.82) is 0 Å². The van der Waals surface area contributed by atoms with Crippen LogP contribution in [0.5, 0.6) is 5.75 Å². The maximum absolute atomic E-state index is 12.5. The number of pyridine rings is 1. The number of nitrogen functional groups attached to an aromatic ring is 1. The molecular formula is C12H11Br2N3O3S. The highest BCUT2D eigenvalue weighted by molar-refractivity contribution is 9.11. The molecule has 0 aliphatic heterocycles. The second kappa shape index (κ2) is 6.20. The molecule has 0 aliphatic carbocycles. The fraction of sp³-hybridized carbons (Fsp3) is 0.0833. The van der Waals surface area contributed by atoms with Gasteiger partial charge in [0.05, 0.1) is 17.3 Å². The molecule has 0 saturated carbocycles. The zero-order valence-corrected chi connectivity index (χ0v) is 14.8. The lowest BCUT2D eigenvalue weighted by molar-refractivity contribution is 0.402. The van der Waals surface area contributed by atoms with E-state index < -0.39 is 10.0 Å². The van der Waals surface area contributed by atoms with E-state index in [2.05, 4.69) is 41.6 Å². The predicted molar refractivity (Wildman–Crippen MR) is 87.9 cm³/mol. The van der Waals surface area contributed by atoms with Crippen LogP contribution in [0.25, 0.3) is 0 Å². The van der Waals surface area contributed by atoms with E-state index in [9.17, 15) is 8.42 Å². The van der Waals surface area contributed by atoms with Crippen molar-refractivity contribution in [2.45, 2.75) is 4.90 Å². The van der Waals surface area contributed by atoms with Crippen LogP contribution < -0.4 is 15.2 Å². The second-order valence-corrected chi connectivity index (χ2v) is 7.35. The maximum atomic E-state index is 12.5. The summed E-state index contributed by atoms with van der Waals surface area (Å²) in [5, 5.41) is 0. The van der Waals surface area contributed by atoms with Gasteiger partial charge in [-0.15, -0.1) is 0 Å². The molecule has 0 unspecified atom stereocenters. The molecular weight excluding hydrogens is 426 g/mol. The summed E-state index contributed by atoms with van der Waals surface area (Å²) in [7, 11) is -2.46. The summed E-state index contributed by atoms with van der Waals surface area (Å²) in [6.07, 6.45) is 2.97. The van der Waals surface area contributed by atoms with Gasteiger partial charge in [0, 0.05) is 22.6 Å². The Hall–Kier alpha value is -1.32. The lowest BCUT2D eigenvalue weighted by atomic mass is 10.3. The summed E-state index contributed by atoms with van der Waals surface area (Å²) in [4.78, 5) is 3.83. The summed E-state index contributed by atoms with van der Waals surface area (Å²) in [5.41, 5.74) is 6.42. The predicted octanol–water partition coefficient (Wildman–Crippen LogP) is 3.00. The molecule has 0 aliphatic rings. The molecule has 0 amide bonds. The standard InChI is InChI=1S/C12H11Br2N3O3S/c1-20-11-4-7(13)9(15)5-12(11)21(18,19)17-10-2-3-16-6-8(10)14/h2-6H,15H2,1H3,(H,16,17). The van der Waals surface area contributed by atoms with Crippen molar-refractivity contribution >= 4 is 53.3 Å². The van der Waals surface area contributed by atoms with E-state index in [0.29, 0.717) is 20.3 Å². The zero-order chi connectivity index (χ0) is 15.6. The van der Waals surface area contributed by atoms with Crippen molar-refractivity contribution in [3.8, 4) is 5.75 Å². The molecule has 0 radical (unpaired) electrons. The summed E-state index contributed by atoms with van der Waals surface area (Å²) in [6, 6.07) is 4.38. The van der Waals surface area contributed by atoms with Crippen LogP contribution in [0.15, 0.2) is 44.4 Å². The Bertz CT molecular complexity index is 781. The quantitative estimate of drug-likeness (QED) is 0.718. The van der Waals surface area contributed by atoms with Gasteiger partial charge in [-0.3, -0.25) is 9.71 Å². The van der Waals surface area contributed by atoms with Crippen molar-refractivity contribution in [2.75, 3.05) is 17.6 Å². The van der Waals surface area contributed by atoms with Crippen molar-refractivity contribution < 1.29 is 13.2 Å². The number of nitrogens with zero attached hydrogens (tertiary/aromatic N) is 1. The first-order valence-electron chi connectivity index (χ1n) is 5.60. The molecule has 9 heteroatoms. The highest BCUT2D eigenvalue weighted by Gasteiger charge is 2.22. The first-order valence-corrected chi connectivity index (χ1v) is 8.67. The molecule has 1 aromatic carbocycles. The number of ether oxygens (including phenoxy) is 1.